The molecule has 6 aliphatic rings. The second-order valence-electron chi connectivity index (χ2n) is 14.1. The number of allylic oxidation sites excluding steroid dienone is 2. The Kier molecular flexibility index (Phi) is 8.93. The minimum absolute atomic E-state index is 0.251. The molecule has 1 aliphatic heterocycles. The third kappa shape index (κ3) is 5.29. The van der Waals surface area contributed by atoms with E-state index in [0.717, 1.165) is 28.2 Å². The van der Waals surface area contributed by atoms with Gasteiger partial charge in [0.15, 0.2) is 10.9 Å². The van der Waals surface area contributed by atoms with Gasteiger partial charge in [0.1, 0.15) is 0 Å². The van der Waals surface area contributed by atoms with E-state index in [9.17, 15) is 4.79 Å². The molecule has 0 amide bonds. The molecule has 0 aromatic heterocycles. The van der Waals surface area contributed by atoms with Gasteiger partial charge in [0.2, 0.25) is 5.78 Å². The molecule has 41 heavy (non-hydrogen) atoms. The molecule has 0 bridgehead atoms. The Balaban J connectivity index is 1.37. The molecule has 4 saturated carbocycles. The number of ketones is 1. The predicted octanol–water partition coefficient (Wildman–Crippen LogP) is 11.1. The highest BCUT2D eigenvalue weighted by molar-refractivity contribution is 7.68. The van der Waals surface area contributed by atoms with Crippen molar-refractivity contribution in [2.24, 2.45) is 0 Å². The van der Waals surface area contributed by atoms with Gasteiger partial charge in [-0.1, -0.05) is 135 Å². The summed E-state index contributed by atoms with van der Waals surface area (Å²) in [4.78, 5) is 14.8. The van der Waals surface area contributed by atoms with Crippen LogP contribution in [-0.4, -0.2) is 39.4 Å². The number of fused-ring (bicyclic) bond motifs is 1. The molecule has 5 aliphatic carbocycles. The summed E-state index contributed by atoms with van der Waals surface area (Å²) in [6.45, 7) is 0. The normalized spacial score (nSPS) is 32.2. The van der Waals surface area contributed by atoms with Gasteiger partial charge in [-0.15, -0.1) is 0 Å². The highest BCUT2D eigenvalue weighted by Gasteiger charge is 2.80. The average molecular weight is 591 g/mol. The molecular weight excluding hydrogens is 538 g/mol. The average Bonchev–Trinajstić information content (AvgIpc) is 3.75. The minimum Gasteiger partial charge on any atom is -0.339 e. The zero-order valence-electron chi connectivity index (χ0n) is 25.3. The van der Waals surface area contributed by atoms with Crippen molar-refractivity contribution in [1.82, 2.24) is 0 Å². The molecule has 1 aromatic carbocycles. The molecule has 1 heterocycles. The zero-order valence-corrected chi connectivity index (χ0v) is 27.1. The van der Waals surface area contributed by atoms with Gasteiger partial charge in [-0.25, -0.2) is 0 Å². The van der Waals surface area contributed by atoms with Crippen LogP contribution in [0.25, 0.3) is 0 Å². The SMILES string of the molecule is O=C(c1ccccc1)C12C=CC=C(P(C3CCCCC3)C3CCCCC3)C1(P(C1CCCCC1)C1CCCCC1)O2. The van der Waals surface area contributed by atoms with Crippen LogP contribution >= 0.6 is 15.8 Å². The second-order valence-corrected chi connectivity index (χ2v) is 19.7. The lowest BCUT2D eigenvalue weighted by molar-refractivity contribution is 0.0909. The lowest BCUT2D eigenvalue weighted by Gasteiger charge is -2.48. The summed E-state index contributed by atoms with van der Waals surface area (Å²) in [6.07, 6.45) is 34.9. The van der Waals surface area contributed by atoms with E-state index in [-0.39, 0.29) is 19.0 Å². The van der Waals surface area contributed by atoms with Gasteiger partial charge < -0.3 is 4.74 Å². The Labute approximate surface area is 252 Å². The fourth-order valence-corrected chi connectivity index (χ4v) is 19.0. The number of hydrogen-bond donors (Lipinski definition) is 0. The molecule has 1 saturated heterocycles. The second kappa shape index (κ2) is 12.7. The monoisotopic (exact) mass is 590 g/mol. The Morgan fingerprint density at radius 1 is 0.634 bits per heavy atom. The number of carbonyl (C=O) groups excluding carboxylic acids is 1. The predicted molar refractivity (Wildman–Crippen MR) is 176 cm³/mol. The first-order valence-electron chi connectivity index (χ1n) is 17.5. The van der Waals surface area contributed by atoms with E-state index in [1.807, 2.05) is 30.3 Å². The quantitative estimate of drug-likeness (QED) is 0.171. The molecule has 0 N–H and O–H groups in total. The highest BCUT2D eigenvalue weighted by Crippen LogP contribution is 2.84. The van der Waals surface area contributed by atoms with Crippen LogP contribution in [0.1, 0.15) is 139 Å². The summed E-state index contributed by atoms with van der Waals surface area (Å²) in [7, 11) is -0.767. The lowest BCUT2D eigenvalue weighted by Crippen LogP contribution is -2.40. The lowest BCUT2D eigenvalue weighted by atomic mass is 9.90. The number of Topliss-reactive ketones (excluding diaryl/α,β-unsaturated/α-hetero) is 1. The Hall–Kier alpha value is -0.810. The first-order chi connectivity index (χ1) is 20.2. The number of benzene rings is 1. The van der Waals surface area contributed by atoms with Gasteiger partial charge >= 0.3 is 0 Å². The van der Waals surface area contributed by atoms with Crippen LogP contribution in [0.15, 0.2) is 53.9 Å². The molecule has 2 unspecified atom stereocenters. The van der Waals surface area contributed by atoms with Gasteiger partial charge in [0.05, 0.1) is 0 Å². The van der Waals surface area contributed by atoms with E-state index in [2.05, 4.69) is 18.2 Å². The fourth-order valence-electron chi connectivity index (χ4n) is 9.64. The largest absolute Gasteiger partial charge is 0.339 e. The van der Waals surface area contributed by atoms with E-state index < -0.39 is 13.5 Å². The first kappa shape index (κ1) is 28.9. The Morgan fingerprint density at radius 3 is 1.59 bits per heavy atom. The Morgan fingerprint density at radius 2 is 1.10 bits per heavy atom. The van der Waals surface area contributed by atoms with Crippen LogP contribution in [0.5, 0.6) is 0 Å². The third-order valence-electron chi connectivity index (χ3n) is 11.6. The number of hydrogen-bond acceptors (Lipinski definition) is 2. The summed E-state index contributed by atoms with van der Waals surface area (Å²) < 4.78 is 7.45. The van der Waals surface area contributed by atoms with Crippen LogP contribution < -0.4 is 0 Å². The van der Waals surface area contributed by atoms with Crippen LogP contribution in [-0.2, 0) is 4.74 Å². The third-order valence-corrected chi connectivity index (χ3v) is 19.4. The van der Waals surface area contributed by atoms with Crippen molar-refractivity contribution in [2.75, 3.05) is 0 Å². The zero-order chi connectivity index (χ0) is 27.7. The van der Waals surface area contributed by atoms with Crippen LogP contribution in [0.2, 0.25) is 0 Å². The number of carbonyl (C=O) groups is 1. The van der Waals surface area contributed by atoms with Crippen molar-refractivity contribution in [3.63, 3.8) is 0 Å². The van der Waals surface area contributed by atoms with E-state index in [4.69, 9.17) is 4.74 Å². The van der Waals surface area contributed by atoms with Crippen molar-refractivity contribution < 1.29 is 9.53 Å². The van der Waals surface area contributed by atoms with Crippen LogP contribution in [0.4, 0.5) is 0 Å². The highest BCUT2D eigenvalue weighted by atomic mass is 31.1. The van der Waals surface area contributed by atoms with E-state index >= 15 is 0 Å². The number of rotatable bonds is 8. The maximum absolute atomic E-state index is 14.8. The molecule has 222 valence electrons. The molecular formula is C37H52O2P2. The molecule has 1 aromatic rings. The van der Waals surface area contributed by atoms with E-state index in [1.54, 1.807) is 5.31 Å². The van der Waals surface area contributed by atoms with E-state index in [1.165, 1.54) is 128 Å². The molecule has 4 heteroatoms. The molecule has 0 spiro atoms. The van der Waals surface area contributed by atoms with E-state index in [0.29, 0.717) is 0 Å². The number of epoxide rings is 1. The van der Waals surface area contributed by atoms with Crippen molar-refractivity contribution >= 4 is 21.6 Å². The molecule has 0 radical (unpaired) electrons. The molecule has 5 fully saturated rings. The van der Waals surface area contributed by atoms with Gasteiger partial charge in [-0.05, 0) is 85.4 Å². The van der Waals surface area contributed by atoms with Crippen LogP contribution in [0.3, 0.4) is 0 Å². The van der Waals surface area contributed by atoms with Crippen LogP contribution in [0, 0.1) is 0 Å². The smallest absolute Gasteiger partial charge is 0.202 e. The maximum atomic E-state index is 14.8. The molecule has 2 nitrogen and oxygen atoms in total. The minimum atomic E-state index is -0.761. The number of ether oxygens (including phenoxy) is 1. The van der Waals surface area contributed by atoms with Crippen molar-refractivity contribution in [1.29, 1.82) is 0 Å². The summed E-state index contributed by atoms with van der Waals surface area (Å²) >= 11 is 0. The summed E-state index contributed by atoms with van der Waals surface area (Å²) in [5, 5.41) is 1.34. The molecule has 2 atom stereocenters. The van der Waals surface area contributed by atoms with Crippen molar-refractivity contribution in [3.05, 3.63) is 59.4 Å². The Bertz CT molecular complexity index is 1070. The van der Waals surface area contributed by atoms with Gasteiger partial charge in [-0.3, -0.25) is 4.79 Å². The fraction of sp³-hybridized carbons (Fsp3) is 0.703. The van der Waals surface area contributed by atoms with Crippen molar-refractivity contribution in [3.8, 4) is 0 Å². The summed E-state index contributed by atoms with van der Waals surface area (Å²) in [5.41, 5.74) is 3.28. The van der Waals surface area contributed by atoms with Gasteiger partial charge in [0, 0.05) is 5.56 Å². The summed E-state index contributed by atoms with van der Waals surface area (Å²) in [6, 6.07) is 10.2. The molecule has 7 rings (SSSR count). The van der Waals surface area contributed by atoms with Crippen molar-refractivity contribution in [2.45, 2.75) is 162 Å². The first-order valence-corrected chi connectivity index (χ1v) is 20.5. The standard InChI is InChI=1S/C37H52O2P2/c38-35(29-17-6-1-7-18-29)36-28-16-27-34(40(30-19-8-2-9-20-30)31-21-10-3-11-22-31)37(36,39-36)41(32-23-12-4-13-24-32)33-25-14-5-15-26-33/h1,6-7,16-18,27-28,30-33H,2-5,8-15,19-26H2. The van der Waals surface area contributed by atoms with Gasteiger partial charge in [0.25, 0.3) is 0 Å². The summed E-state index contributed by atoms with van der Waals surface area (Å²) in [5.74, 6) is 0.251. The van der Waals surface area contributed by atoms with Gasteiger partial charge in [-0.2, -0.15) is 0 Å². The topological polar surface area (TPSA) is 29.6 Å². The maximum Gasteiger partial charge on any atom is 0.202 e.